The Kier molecular flexibility index (Phi) is 10.0. The lowest BCUT2D eigenvalue weighted by molar-refractivity contribution is -0.145. The van der Waals surface area contributed by atoms with E-state index < -0.39 is 34.0 Å². The Morgan fingerprint density at radius 2 is 1.58 bits per heavy atom. The average Bonchev–Trinajstić information content (AvgIpc) is 3.04. The fraction of sp³-hybridized carbons (Fsp3) is 0.323. The number of anilines is 1. The van der Waals surface area contributed by atoms with Crippen LogP contribution in [0.3, 0.4) is 0 Å². The minimum absolute atomic E-state index is 0.0228. The van der Waals surface area contributed by atoms with Gasteiger partial charge in [-0.15, -0.1) is 0 Å². The molecule has 228 valence electrons. The van der Waals surface area contributed by atoms with Crippen LogP contribution in [0.2, 0.25) is 0 Å². The maximum atomic E-state index is 13.8. The van der Waals surface area contributed by atoms with Gasteiger partial charge in [0.2, 0.25) is 15.9 Å². The molecule has 1 saturated heterocycles. The molecule has 43 heavy (non-hydrogen) atoms. The van der Waals surface area contributed by atoms with Gasteiger partial charge in [0.15, 0.2) is 0 Å². The van der Waals surface area contributed by atoms with Crippen molar-refractivity contribution in [3.63, 3.8) is 0 Å². The van der Waals surface area contributed by atoms with Gasteiger partial charge in [0.25, 0.3) is 5.91 Å². The fourth-order valence-corrected chi connectivity index (χ4v) is 6.46. The van der Waals surface area contributed by atoms with Crippen LogP contribution in [0.5, 0.6) is 5.75 Å². The number of nitrogens with zero attached hydrogens (tertiary/aromatic N) is 3. The van der Waals surface area contributed by atoms with Crippen molar-refractivity contribution in [2.75, 3.05) is 52.8 Å². The number of benzene rings is 3. The SMILES string of the molecule is COC(=O)C(Cc1ccc(OC)cc1)NC(=O)C1CN(C(=O)c2ccc(N(C)C)cc2)CCN1S(=O)(=O)c1ccccc1. The monoisotopic (exact) mass is 608 g/mol. The average molecular weight is 609 g/mol. The maximum absolute atomic E-state index is 13.8. The Morgan fingerprint density at radius 3 is 2.16 bits per heavy atom. The van der Waals surface area contributed by atoms with Crippen LogP contribution in [0.1, 0.15) is 15.9 Å². The molecule has 0 aromatic heterocycles. The zero-order valence-corrected chi connectivity index (χ0v) is 25.4. The van der Waals surface area contributed by atoms with Gasteiger partial charge in [0, 0.05) is 51.4 Å². The van der Waals surface area contributed by atoms with Crippen LogP contribution in [-0.2, 0) is 30.8 Å². The summed E-state index contributed by atoms with van der Waals surface area (Å²) in [6, 6.07) is 19.4. The molecule has 11 nitrogen and oxygen atoms in total. The number of carbonyl (C=O) groups excluding carboxylic acids is 3. The normalized spacial score (nSPS) is 16.2. The summed E-state index contributed by atoms with van der Waals surface area (Å²) in [4.78, 5) is 43.4. The van der Waals surface area contributed by atoms with E-state index in [1.807, 2.05) is 31.1 Å². The second-order valence-electron chi connectivity index (χ2n) is 10.3. The van der Waals surface area contributed by atoms with Crippen molar-refractivity contribution in [3.8, 4) is 5.75 Å². The number of sulfonamides is 1. The van der Waals surface area contributed by atoms with Gasteiger partial charge >= 0.3 is 5.97 Å². The minimum Gasteiger partial charge on any atom is -0.497 e. The predicted octanol–water partition coefficient (Wildman–Crippen LogP) is 2.18. The van der Waals surface area contributed by atoms with Gasteiger partial charge in [-0.3, -0.25) is 9.59 Å². The molecule has 2 unspecified atom stereocenters. The summed E-state index contributed by atoms with van der Waals surface area (Å²) >= 11 is 0. The Bertz CT molecular complexity index is 1530. The second kappa shape index (κ2) is 13.7. The molecular formula is C31H36N4O7S. The number of hydrogen-bond donors (Lipinski definition) is 1. The molecule has 2 amide bonds. The van der Waals surface area contributed by atoms with E-state index in [2.05, 4.69) is 5.32 Å². The van der Waals surface area contributed by atoms with Gasteiger partial charge in [-0.1, -0.05) is 30.3 Å². The first-order valence-electron chi connectivity index (χ1n) is 13.7. The summed E-state index contributed by atoms with van der Waals surface area (Å²) in [5.74, 6) is -1.11. The summed E-state index contributed by atoms with van der Waals surface area (Å²) in [6.45, 7) is -0.239. The first kappa shape index (κ1) is 31.5. The van der Waals surface area contributed by atoms with E-state index in [9.17, 15) is 22.8 Å². The van der Waals surface area contributed by atoms with E-state index in [1.165, 1.54) is 24.1 Å². The molecule has 1 heterocycles. The molecule has 1 aliphatic rings. The van der Waals surface area contributed by atoms with Crippen LogP contribution in [0.25, 0.3) is 0 Å². The first-order chi connectivity index (χ1) is 20.5. The van der Waals surface area contributed by atoms with Crippen LogP contribution in [0.15, 0.2) is 83.8 Å². The molecule has 0 radical (unpaired) electrons. The summed E-state index contributed by atoms with van der Waals surface area (Å²) < 4.78 is 38.7. The van der Waals surface area contributed by atoms with Gasteiger partial charge in [-0.25, -0.2) is 13.2 Å². The Hall–Kier alpha value is -4.42. The van der Waals surface area contributed by atoms with E-state index in [1.54, 1.807) is 61.7 Å². The summed E-state index contributed by atoms with van der Waals surface area (Å²) in [5, 5.41) is 2.69. The highest BCUT2D eigenvalue weighted by Gasteiger charge is 2.42. The molecule has 4 rings (SSSR count). The van der Waals surface area contributed by atoms with Gasteiger partial charge in [0.1, 0.15) is 17.8 Å². The third kappa shape index (κ3) is 7.33. The lowest BCUT2D eigenvalue weighted by Crippen LogP contribution is -2.62. The van der Waals surface area contributed by atoms with Crippen LogP contribution in [0, 0.1) is 0 Å². The lowest BCUT2D eigenvalue weighted by Gasteiger charge is -2.40. The summed E-state index contributed by atoms with van der Waals surface area (Å²) in [6.07, 6.45) is 0.0986. The van der Waals surface area contributed by atoms with Crippen molar-refractivity contribution in [1.82, 2.24) is 14.5 Å². The third-order valence-electron chi connectivity index (χ3n) is 7.30. The number of esters is 1. The second-order valence-corrected chi connectivity index (χ2v) is 12.2. The first-order valence-corrected chi connectivity index (χ1v) is 15.1. The number of carbonyl (C=O) groups is 3. The van der Waals surface area contributed by atoms with Crippen LogP contribution in [-0.4, -0.2) is 95.4 Å². The topological polar surface area (TPSA) is 126 Å². The van der Waals surface area contributed by atoms with E-state index in [-0.39, 0.29) is 36.9 Å². The molecule has 12 heteroatoms. The van der Waals surface area contributed by atoms with E-state index in [0.717, 1.165) is 15.6 Å². The van der Waals surface area contributed by atoms with Gasteiger partial charge in [-0.2, -0.15) is 4.31 Å². The highest BCUT2D eigenvalue weighted by molar-refractivity contribution is 7.89. The molecule has 1 N–H and O–H groups in total. The summed E-state index contributed by atoms with van der Waals surface area (Å²) in [7, 11) is 2.42. The van der Waals surface area contributed by atoms with Crippen molar-refractivity contribution in [3.05, 3.63) is 90.0 Å². The minimum atomic E-state index is -4.11. The molecule has 2 atom stereocenters. The molecule has 0 spiro atoms. The smallest absolute Gasteiger partial charge is 0.328 e. The molecule has 1 aliphatic heterocycles. The molecule has 0 bridgehead atoms. The summed E-state index contributed by atoms with van der Waals surface area (Å²) in [5.41, 5.74) is 2.06. The van der Waals surface area contributed by atoms with E-state index in [0.29, 0.717) is 11.3 Å². The van der Waals surface area contributed by atoms with Crippen LogP contribution >= 0.6 is 0 Å². The highest BCUT2D eigenvalue weighted by atomic mass is 32.2. The molecule has 0 saturated carbocycles. The molecule has 3 aromatic carbocycles. The van der Waals surface area contributed by atoms with Crippen molar-refractivity contribution in [1.29, 1.82) is 0 Å². The van der Waals surface area contributed by atoms with Gasteiger partial charge in [0.05, 0.1) is 19.1 Å². The fourth-order valence-electron chi connectivity index (χ4n) is 4.87. The lowest BCUT2D eigenvalue weighted by atomic mass is 10.0. The molecule has 1 fully saturated rings. The number of piperazine rings is 1. The van der Waals surface area contributed by atoms with Crippen molar-refractivity contribution in [2.45, 2.75) is 23.4 Å². The third-order valence-corrected chi connectivity index (χ3v) is 9.23. The van der Waals surface area contributed by atoms with Crippen molar-refractivity contribution in [2.24, 2.45) is 0 Å². The van der Waals surface area contributed by atoms with Gasteiger partial charge in [-0.05, 0) is 54.1 Å². The number of amides is 2. The van der Waals surface area contributed by atoms with Crippen molar-refractivity contribution < 1.29 is 32.3 Å². The standard InChI is InChI=1S/C31H36N4O7S/c1-33(2)24-14-12-23(13-15-24)30(37)34-18-19-35(43(39,40)26-8-6-5-7-9-26)28(21-34)29(36)32-27(31(38)42-4)20-22-10-16-25(41-3)17-11-22/h5-17,27-28H,18-21H2,1-4H3,(H,32,36). The molecule has 3 aromatic rings. The Labute approximate surface area is 252 Å². The van der Waals surface area contributed by atoms with Gasteiger partial charge < -0.3 is 24.6 Å². The highest BCUT2D eigenvalue weighted by Crippen LogP contribution is 2.24. The Morgan fingerprint density at radius 1 is 0.930 bits per heavy atom. The van der Waals surface area contributed by atoms with Crippen LogP contribution in [0.4, 0.5) is 5.69 Å². The maximum Gasteiger partial charge on any atom is 0.328 e. The van der Waals surface area contributed by atoms with E-state index >= 15 is 0 Å². The Balaban J connectivity index is 1.62. The van der Waals surface area contributed by atoms with Crippen LogP contribution < -0.4 is 15.0 Å². The number of nitrogens with one attached hydrogen (secondary N) is 1. The molecule has 0 aliphatic carbocycles. The predicted molar refractivity (Wildman–Crippen MR) is 161 cm³/mol. The quantitative estimate of drug-likeness (QED) is 0.348. The zero-order valence-electron chi connectivity index (χ0n) is 24.6. The number of ether oxygens (including phenoxy) is 2. The largest absolute Gasteiger partial charge is 0.497 e. The zero-order chi connectivity index (χ0) is 31.1. The number of hydrogen-bond acceptors (Lipinski definition) is 8. The molecular weight excluding hydrogens is 572 g/mol. The number of methoxy groups -OCH3 is 2. The number of rotatable bonds is 10. The van der Waals surface area contributed by atoms with Crippen molar-refractivity contribution >= 4 is 33.5 Å². The van der Waals surface area contributed by atoms with E-state index in [4.69, 9.17) is 9.47 Å².